The topological polar surface area (TPSA) is 59.4 Å². The van der Waals surface area contributed by atoms with Gasteiger partial charge in [0.25, 0.3) is 0 Å². The van der Waals surface area contributed by atoms with Crippen molar-refractivity contribution in [2.24, 2.45) is 0 Å². The van der Waals surface area contributed by atoms with Gasteiger partial charge in [0.1, 0.15) is 11.6 Å². The fourth-order valence-electron chi connectivity index (χ4n) is 2.05. The molecule has 24 heavy (non-hydrogen) atoms. The lowest BCUT2D eigenvalue weighted by atomic mass is 10.2. The van der Waals surface area contributed by atoms with Gasteiger partial charge in [0.15, 0.2) is 4.88 Å². The van der Waals surface area contributed by atoms with Crippen molar-refractivity contribution in [2.45, 2.75) is 6.61 Å². The van der Waals surface area contributed by atoms with Gasteiger partial charge >= 0.3 is 5.97 Å². The number of nitrogens with zero attached hydrogens (tertiary/aromatic N) is 1. The summed E-state index contributed by atoms with van der Waals surface area (Å²) in [5.74, 6) is -1.02. The summed E-state index contributed by atoms with van der Waals surface area (Å²) in [6.45, 7) is 0.138. The Morgan fingerprint density at radius 2 is 1.96 bits per heavy atom. The first-order chi connectivity index (χ1) is 11.5. The van der Waals surface area contributed by atoms with E-state index < -0.39 is 5.97 Å². The normalized spacial score (nSPS) is 10.6. The highest BCUT2D eigenvalue weighted by Crippen LogP contribution is 2.34. The van der Waals surface area contributed by atoms with Crippen molar-refractivity contribution in [1.82, 2.24) is 4.98 Å². The van der Waals surface area contributed by atoms with E-state index in [1.54, 1.807) is 24.3 Å². The Morgan fingerprint density at radius 3 is 2.67 bits per heavy atom. The Morgan fingerprint density at radius 1 is 1.17 bits per heavy atom. The zero-order valence-corrected chi connectivity index (χ0v) is 14.5. The summed E-state index contributed by atoms with van der Waals surface area (Å²) in [7, 11) is 0. The van der Waals surface area contributed by atoms with Crippen LogP contribution in [0.15, 0.2) is 48.5 Å². The molecule has 1 heterocycles. The predicted molar refractivity (Wildman–Crippen MR) is 95.3 cm³/mol. The van der Waals surface area contributed by atoms with Gasteiger partial charge < -0.3 is 9.84 Å². The van der Waals surface area contributed by atoms with Gasteiger partial charge in [0.05, 0.1) is 0 Å². The van der Waals surface area contributed by atoms with E-state index in [9.17, 15) is 9.90 Å². The number of hydrogen-bond donors (Lipinski definition) is 1. The standard InChI is InChI=1S/C17H11Cl2NO3S/c18-12-6-3-5-10(8-12)16-20-15(14(24-16)17(21)22)23-9-11-4-1-2-7-13(11)19/h1-8H,9H2,(H,21,22). The maximum Gasteiger partial charge on any atom is 0.351 e. The molecule has 7 heteroatoms. The number of halogens is 2. The number of benzene rings is 2. The Hall–Kier alpha value is -2.08. The van der Waals surface area contributed by atoms with Crippen LogP contribution in [0, 0.1) is 0 Å². The van der Waals surface area contributed by atoms with Crippen molar-refractivity contribution < 1.29 is 14.6 Å². The van der Waals surface area contributed by atoms with Crippen LogP contribution in [0.5, 0.6) is 5.88 Å². The van der Waals surface area contributed by atoms with Crippen LogP contribution >= 0.6 is 34.5 Å². The van der Waals surface area contributed by atoms with Crippen LogP contribution in [0.25, 0.3) is 10.6 Å². The molecule has 0 saturated heterocycles. The largest absolute Gasteiger partial charge is 0.477 e. The number of carboxylic acid groups (broad SMARTS) is 1. The van der Waals surface area contributed by atoms with Gasteiger partial charge in [-0.1, -0.05) is 53.5 Å². The maximum atomic E-state index is 11.4. The predicted octanol–water partition coefficient (Wildman–Crippen LogP) is 5.39. The van der Waals surface area contributed by atoms with Crippen LogP contribution in [-0.2, 0) is 6.61 Å². The summed E-state index contributed by atoms with van der Waals surface area (Å²) in [6, 6.07) is 14.3. The molecule has 0 aliphatic heterocycles. The van der Waals surface area contributed by atoms with Gasteiger partial charge in [0, 0.05) is 21.2 Å². The molecule has 0 bridgehead atoms. The highest BCUT2D eigenvalue weighted by atomic mass is 35.5. The van der Waals surface area contributed by atoms with E-state index in [0.717, 1.165) is 22.5 Å². The molecule has 3 rings (SSSR count). The minimum absolute atomic E-state index is 0.0389. The van der Waals surface area contributed by atoms with Gasteiger partial charge in [-0.2, -0.15) is 0 Å². The number of thiazole rings is 1. The molecule has 0 fully saturated rings. The lowest BCUT2D eigenvalue weighted by molar-refractivity contribution is 0.0697. The third-order valence-electron chi connectivity index (χ3n) is 3.18. The summed E-state index contributed by atoms with van der Waals surface area (Å²) < 4.78 is 5.60. The van der Waals surface area contributed by atoms with Crippen molar-refractivity contribution in [3.05, 3.63) is 69.0 Å². The fraction of sp³-hybridized carbons (Fsp3) is 0.0588. The second-order valence-electron chi connectivity index (χ2n) is 4.85. The SMILES string of the molecule is O=C(O)c1sc(-c2cccc(Cl)c2)nc1OCc1ccccc1Cl. The van der Waals surface area contributed by atoms with Crippen LogP contribution < -0.4 is 4.74 Å². The highest BCUT2D eigenvalue weighted by molar-refractivity contribution is 7.17. The van der Waals surface area contributed by atoms with E-state index in [-0.39, 0.29) is 17.4 Å². The molecular weight excluding hydrogens is 369 g/mol. The number of aromatic nitrogens is 1. The van der Waals surface area contributed by atoms with E-state index in [0.29, 0.717) is 15.1 Å². The van der Waals surface area contributed by atoms with Crippen LogP contribution in [0.4, 0.5) is 0 Å². The zero-order chi connectivity index (χ0) is 17.1. The average molecular weight is 380 g/mol. The van der Waals surface area contributed by atoms with Crippen molar-refractivity contribution in [3.8, 4) is 16.5 Å². The molecule has 4 nitrogen and oxygen atoms in total. The zero-order valence-electron chi connectivity index (χ0n) is 12.2. The lowest BCUT2D eigenvalue weighted by Crippen LogP contribution is -2.01. The molecule has 0 aliphatic carbocycles. The van der Waals surface area contributed by atoms with Crippen molar-refractivity contribution >= 4 is 40.5 Å². The molecule has 0 saturated carbocycles. The fourth-order valence-corrected chi connectivity index (χ4v) is 3.27. The number of rotatable bonds is 5. The molecule has 2 aromatic carbocycles. The van der Waals surface area contributed by atoms with Crippen LogP contribution in [0.3, 0.4) is 0 Å². The first-order valence-corrected chi connectivity index (χ1v) is 8.48. The quantitative estimate of drug-likeness (QED) is 0.644. The molecule has 0 unspecified atom stereocenters. The summed E-state index contributed by atoms with van der Waals surface area (Å²) in [6.07, 6.45) is 0. The summed E-state index contributed by atoms with van der Waals surface area (Å²) in [4.78, 5) is 15.8. The number of carbonyl (C=O) groups is 1. The molecule has 122 valence electrons. The second kappa shape index (κ2) is 7.21. The minimum Gasteiger partial charge on any atom is -0.477 e. The molecule has 0 amide bonds. The lowest BCUT2D eigenvalue weighted by Gasteiger charge is -2.05. The Kier molecular flexibility index (Phi) is 5.04. The van der Waals surface area contributed by atoms with Crippen LogP contribution in [0.1, 0.15) is 15.2 Å². The number of hydrogen-bond acceptors (Lipinski definition) is 4. The number of carboxylic acids is 1. The summed E-state index contributed by atoms with van der Waals surface area (Å²) >= 11 is 13.1. The second-order valence-corrected chi connectivity index (χ2v) is 6.69. The van der Waals surface area contributed by atoms with Gasteiger partial charge in [-0.3, -0.25) is 0 Å². The van der Waals surface area contributed by atoms with E-state index in [1.807, 2.05) is 24.3 Å². The molecule has 1 N–H and O–H groups in total. The molecule has 3 aromatic rings. The number of aromatic carboxylic acids is 1. The van der Waals surface area contributed by atoms with Crippen molar-refractivity contribution in [1.29, 1.82) is 0 Å². The maximum absolute atomic E-state index is 11.4. The molecule has 0 radical (unpaired) electrons. The Bertz CT molecular complexity index is 895. The van der Waals surface area contributed by atoms with Crippen molar-refractivity contribution in [2.75, 3.05) is 0 Å². The molecular formula is C17H11Cl2NO3S. The smallest absolute Gasteiger partial charge is 0.351 e. The monoisotopic (exact) mass is 379 g/mol. The highest BCUT2D eigenvalue weighted by Gasteiger charge is 2.20. The molecule has 1 aromatic heterocycles. The summed E-state index contributed by atoms with van der Waals surface area (Å²) in [5, 5.41) is 11.0. The van der Waals surface area contributed by atoms with E-state index in [4.69, 9.17) is 27.9 Å². The Labute approximate surface area is 152 Å². The van der Waals surface area contributed by atoms with Gasteiger partial charge in [0.2, 0.25) is 5.88 Å². The molecule has 0 aliphatic rings. The summed E-state index contributed by atoms with van der Waals surface area (Å²) in [5.41, 5.74) is 1.50. The minimum atomic E-state index is -1.09. The van der Waals surface area contributed by atoms with Crippen molar-refractivity contribution in [3.63, 3.8) is 0 Å². The average Bonchev–Trinajstić information content (AvgIpc) is 2.99. The van der Waals surface area contributed by atoms with Gasteiger partial charge in [-0.15, -0.1) is 11.3 Å². The van der Waals surface area contributed by atoms with E-state index in [2.05, 4.69) is 4.98 Å². The van der Waals surface area contributed by atoms with Gasteiger partial charge in [-0.05, 0) is 18.2 Å². The Balaban J connectivity index is 1.90. The van der Waals surface area contributed by atoms with Crippen LogP contribution in [-0.4, -0.2) is 16.1 Å². The third kappa shape index (κ3) is 3.70. The number of ether oxygens (including phenoxy) is 1. The van der Waals surface area contributed by atoms with Gasteiger partial charge in [-0.25, -0.2) is 9.78 Å². The first kappa shape index (κ1) is 16.8. The van der Waals surface area contributed by atoms with E-state index in [1.165, 1.54) is 0 Å². The molecule has 0 spiro atoms. The first-order valence-electron chi connectivity index (χ1n) is 6.91. The van der Waals surface area contributed by atoms with Crippen LogP contribution in [0.2, 0.25) is 10.0 Å². The third-order valence-corrected chi connectivity index (χ3v) is 4.86. The molecule has 0 atom stereocenters. The van der Waals surface area contributed by atoms with E-state index >= 15 is 0 Å².